The zero-order valence-electron chi connectivity index (χ0n) is 14.1. The Balaban J connectivity index is 0.00000338. The molecule has 0 atom stereocenters. The second-order valence-corrected chi connectivity index (χ2v) is 5.23. The van der Waals surface area contributed by atoms with Gasteiger partial charge in [0.05, 0.1) is 17.2 Å². The van der Waals surface area contributed by atoms with Crippen molar-refractivity contribution in [1.82, 2.24) is 0 Å². The van der Waals surface area contributed by atoms with Crippen LogP contribution in [0.3, 0.4) is 0 Å². The predicted octanol–water partition coefficient (Wildman–Crippen LogP) is 0.115. The number of amides is 1. The van der Waals surface area contributed by atoms with Crippen molar-refractivity contribution in [3.8, 4) is 0 Å². The molecule has 1 N–H and O–H groups in total. The molecule has 0 bridgehead atoms. The van der Waals surface area contributed by atoms with Crippen molar-refractivity contribution in [2.75, 3.05) is 5.32 Å². The third-order valence-corrected chi connectivity index (χ3v) is 3.37. The van der Waals surface area contributed by atoms with Crippen LogP contribution in [0, 0.1) is 0 Å². The molecule has 26 heavy (non-hydrogen) atoms. The van der Waals surface area contributed by atoms with Crippen LogP contribution in [0.5, 0.6) is 0 Å². The summed E-state index contributed by atoms with van der Waals surface area (Å²) in [5, 5.41) is 13.4. The Kier molecular flexibility index (Phi) is 7.62. The van der Waals surface area contributed by atoms with Gasteiger partial charge < -0.3 is 15.2 Å². The topological polar surface area (TPSA) is 69.2 Å². The Morgan fingerprint density at radius 3 is 2.15 bits per heavy atom. The molecule has 1 amide bonds. The molecule has 0 saturated heterocycles. The van der Waals surface area contributed by atoms with Gasteiger partial charge in [-0.15, -0.1) is 0 Å². The molecule has 0 aliphatic heterocycles. The maximum atomic E-state index is 12.5. The van der Waals surface area contributed by atoms with E-state index < -0.39 is 23.6 Å². The minimum Gasteiger partial charge on any atom is -0.545 e. The van der Waals surface area contributed by atoms with Crippen LogP contribution >= 0.6 is 0 Å². The van der Waals surface area contributed by atoms with Crippen LogP contribution in [0.15, 0.2) is 54.1 Å². The van der Waals surface area contributed by atoms with Crippen molar-refractivity contribution in [2.24, 2.45) is 0 Å². The number of carboxylic acid groups (broad SMARTS) is 1. The van der Waals surface area contributed by atoms with Crippen molar-refractivity contribution in [1.29, 1.82) is 0 Å². The predicted molar refractivity (Wildman–Crippen MR) is 84.5 cm³/mol. The number of halogens is 3. The molecular formula is C18H13F3NNaO3. The van der Waals surface area contributed by atoms with E-state index >= 15 is 0 Å². The van der Waals surface area contributed by atoms with E-state index in [0.29, 0.717) is 5.56 Å². The number of benzene rings is 2. The Morgan fingerprint density at radius 2 is 1.62 bits per heavy atom. The molecular weight excluding hydrogens is 358 g/mol. The van der Waals surface area contributed by atoms with Crippen LogP contribution in [0.1, 0.15) is 28.4 Å². The molecule has 8 heteroatoms. The smallest absolute Gasteiger partial charge is 0.545 e. The van der Waals surface area contributed by atoms with Crippen LogP contribution in [0.2, 0.25) is 0 Å². The number of para-hydroxylation sites is 1. The molecule has 0 saturated carbocycles. The number of hydrogen-bond donors (Lipinski definition) is 1. The van der Waals surface area contributed by atoms with Crippen molar-refractivity contribution >= 4 is 23.6 Å². The molecule has 0 aliphatic rings. The summed E-state index contributed by atoms with van der Waals surface area (Å²) in [7, 11) is 0. The molecule has 4 nitrogen and oxygen atoms in total. The van der Waals surface area contributed by atoms with Gasteiger partial charge >= 0.3 is 35.7 Å². The van der Waals surface area contributed by atoms with E-state index in [1.54, 1.807) is 6.07 Å². The summed E-state index contributed by atoms with van der Waals surface area (Å²) in [6.07, 6.45) is -3.03. The average molecular weight is 371 g/mol. The zero-order valence-corrected chi connectivity index (χ0v) is 16.1. The van der Waals surface area contributed by atoms with E-state index in [-0.39, 0.29) is 46.4 Å². The summed E-state index contributed by atoms with van der Waals surface area (Å²) < 4.78 is 37.6. The van der Waals surface area contributed by atoms with Gasteiger partial charge in [-0.25, -0.2) is 0 Å². The third kappa shape index (κ3) is 5.72. The number of carboxylic acids is 1. The molecule has 0 radical (unpaired) electrons. The number of carbonyl (C=O) groups excluding carboxylic acids is 2. The minimum atomic E-state index is -4.43. The summed E-state index contributed by atoms with van der Waals surface area (Å²) in [6, 6.07) is 10.1. The van der Waals surface area contributed by atoms with Crippen molar-refractivity contribution in [3.05, 3.63) is 70.8 Å². The standard InChI is InChI=1S/C18H14F3NO3.Na/c1-11(10-12-6-8-13(9-7-12)18(19,20)21)16(23)22-15-5-3-2-4-14(15)17(24)25;/h2-10H,1H3,(H,22,23)(H,24,25);/q;+1/p-1/b11-10+;. The monoisotopic (exact) mass is 371 g/mol. The van der Waals surface area contributed by atoms with E-state index in [4.69, 9.17) is 0 Å². The minimum absolute atomic E-state index is 0. The van der Waals surface area contributed by atoms with Gasteiger partial charge in [0.15, 0.2) is 0 Å². The van der Waals surface area contributed by atoms with Crippen LogP contribution in [0.4, 0.5) is 18.9 Å². The fourth-order valence-corrected chi connectivity index (χ4v) is 2.07. The average Bonchev–Trinajstić information content (AvgIpc) is 2.54. The van der Waals surface area contributed by atoms with Gasteiger partial charge in [0.2, 0.25) is 0 Å². The summed E-state index contributed by atoms with van der Waals surface area (Å²) in [5.74, 6) is -2.01. The number of hydrogen-bond acceptors (Lipinski definition) is 3. The zero-order chi connectivity index (χ0) is 18.6. The van der Waals surface area contributed by atoms with Gasteiger partial charge in [0.1, 0.15) is 0 Å². The summed E-state index contributed by atoms with van der Waals surface area (Å²) >= 11 is 0. The van der Waals surface area contributed by atoms with Crippen LogP contribution in [0.25, 0.3) is 6.08 Å². The molecule has 0 heterocycles. The third-order valence-electron chi connectivity index (χ3n) is 3.37. The van der Waals surface area contributed by atoms with Crippen LogP contribution < -0.4 is 40.0 Å². The van der Waals surface area contributed by atoms with Gasteiger partial charge in [0.25, 0.3) is 5.91 Å². The van der Waals surface area contributed by atoms with E-state index in [1.165, 1.54) is 43.3 Å². The SMILES string of the molecule is C/C(=C\c1ccc(C(F)(F)F)cc1)C(=O)Nc1ccccc1C(=O)[O-].[Na+]. The number of aromatic carboxylic acids is 1. The molecule has 2 aromatic carbocycles. The number of nitrogens with one attached hydrogen (secondary N) is 1. The van der Waals surface area contributed by atoms with Gasteiger partial charge in [-0.3, -0.25) is 4.79 Å². The number of carbonyl (C=O) groups is 2. The summed E-state index contributed by atoms with van der Waals surface area (Å²) in [6.45, 7) is 1.47. The number of rotatable bonds is 4. The Hall–Kier alpha value is -2.09. The quantitative estimate of drug-likeness (QED) is 0.613. The molecule has 0 aliphatic carbocycles. The molecule has 130 valence electrons. The largest absolute Gasteiger partial charge is 1.00 e. The second kappa shape index (κ2) is 9.02. The van der Waals surface area contributed by atoms with Gasteiger partial charge in [-0.1, -0.05) is 30.3 Å². The molecule has 0 fully saturated rings. The Morgan fingerprint density at radius 1 is 1.04 bits per heavy atom. The summed E-state index contributed by atoms with van der Waals surface area (Å²) in [5.41, 5.74) is -0.262. The Labute approximate surface area is 170 Å². The molecule has 2 aromatic rings. The fourth-order valence-electron chi connectivity index (χ4n) is 2.07. The first-order chi connectivity index (χ1) is 11.7. The number of alkyl halides is 3. The van der Waals surface area contributed by atoms with Crippen molar-refractivity contribution in [3.63, 3.8) is 0 Å². The molecule has 0 aromatic heterocycles. The van der Waals surface area contributed by atoms with Crippen molar-refractivity contribution in [2.45, 2.75) is 13.1 Å². The van der Waals surface area contributed by atoms with E-state index in [9.17, 15) is 27.9 Å². The first-order valence-electron chi connectivity index (χ1n) is 7.16. The molecule has 0 spiro atoms. The van der Waals surface area contributed by atoms with Gasteiger partial charge in [-0.2, -0.15) is 13.2 Å². The van der Waals surface area contributed by atoms with Gasteiger partial charge in [0, 0.05) is 11.1 Å². The number of anilines is 1. The Bertz CT molecular complexity index is 830. The van der Waals surface area contributed by atoms with E-state index in [0.717, 1.165) is 12.1 Å². The fraction of sp³-hybridized carbons (Fsp3) is 0.111. The second-order valence-electron chi connectivity index (χ2n) is 5.23. The van der Waals surface area contributed by atoms with Crippen LogP contribution in [-0.2, 0) is 11.0 Å². The van der Waals surface area contributed by atoms with Crippen LogP contribution in [-0.4, -0.2) is 11.9 Å². The van der Waals surface area contributed by atoms with E-state index in [1.807, 2.05) is 0 Å². The molecule has 0 unspecified atom stereocenters. The maximum absolute atomic E-state index is 12.5. The first-order valence-corrected chi connectivity index (χ1v) is 7.16. The maximum Gasteiger partial charge on any atom is 1.00 e. The van der Waals surface area contributed by atoms with E-state index in [2.05, 4.69) is 5.32 Å². The first kappa shape index (κ1) is 22.0. The molecule has 2 rings (SSSR count). The van der Waals surface area contributed by atoms with Gasteiger partial charge in [-0.05, 0) is 36.8 Å². The summed E-state index contributed by atoms with van der Waals surface area (Å²) in [4.78, 5) is 23.2. The van der Waals surface area contributed by atoms with Crippen molar-refractivity contribution < 1.29 is 57.4 Å². The normalized spacial score (nSPS) is 11.5.